The lowest BCUT2D eigenvalue weighted by molar-refractivity contribution is 0.154. The molecule has 2 aliphatic rings. The van der Waals surface area contributed by atoms with Crippen molar-refractivity contribution in [2.75, 3.05) is 19.6 Å². The third-order valence-electron chi connectivity index (χ3n) is 4.23. The summed E-state index contributed by atoms with van der Waals surface area (Å²) >= 11 is 0. The van der Waals surface area contributed by atoms with Crippen molar-refractivity contribution >= 4 is 0 Å². The van der Waals surface area contributed by atoms with E-state index in [2.05, 4.69) is 11.8 Å². The van der Waals surface area contributed by atoms with Gasteiger partial charge in [-0.15, -0.1) is 0 Å². The van der Waals surface area contributed by atoms with E-state index in [0.717, 1.165) is 31.3 Å². The number of rotatable bonds is 3. The van der Waals surface area contributed by atoms with Crippen LogP contribution in [0.25, 0.3) is 0 Å². The highest BCUT2D eigenvalue weighted by Crippen LogP contribution is 2.31. The fourth-order valence-corrected chi connectivity index (χ4v) is 3.28. The summed E-state index contributed by atoms with van der Waals surface area (Å²) in [5.74, 6) is 1.89. The van der Waals surface area contributed by atoms with E-state index in [1.165, 1.54) is 38.6 Å². The average molecular weight is 211 g/mol. The molecule has 2 nitrogen and oxygen atoms in total. The van der Waals surface area contributed by atoms with Crippen LogP contribution in [-0.2, 0) is 0 Å². The van der Waals surface area contributed by atoms with Gasteiger partial charge in [-0.3, -0.25) is 0 Å². The van der Waals surface area contributed by atoms with E-state index in [1.54, 1.807) is 0 Å². The largest absolute Gasteiger partial charge is 0.392 e. The zero-order chi connectivity index (χ0) is 10.7. The molecule has 3 atom stereocenters. The SMILES string of the molecule is CCC1CCCC(CN2CC[C@H](O)C2)C1. The molecule has 1 saturated carbocycles. The Kier molecular flexibility index (Phi) is 4.04. The van der Waals surface area contributed by atoms with Crippen molar-refractivity contribution < 1.29 is 5.11 Å². The van der Waals surface area contributed by atoms with Crippen molar-refractivity contribution in [3.63, 3.8) is 0 Å². The molecule has 1 heterocycles. The Balaban J connectivity index is 1.74. The van der Waals surface area contributed by atoms with Gasteiger partial charge in [-0.2, -0.15) is 0 Å². The lowest BCUT2D eigenvalue weighted by Gasteiger charge is -2.31. The topological polar surface area (TPSA) is 23.5 Å². The number of β-amino-alcohol motifs (C(OH)–C–C–N with tert-alkyl or cyclic N) is 1. The minimum atomic E-state index is -0.0458. The van der Waals surface area contributed by atoms with Crippen LogP contribution in [0.15, 0.2) is 0 Å². The second kappa shape index (κ2) is 5.31. The minimum Gasteiger partial charge on any atom is -0.392 e. The van der Waals surface area contributed by atoms with E-state index < -0.39 is 0 Å². The van der Waals surface area contributed by atoms with Gasteiger partial charge in [0.25, 0.3) is 0 Å². The fraction of sp³-hybridized carbons (Fsp3) is 1.00. The monoisotopic (exact) mass is 211 g/mol. The van der Waals surface area contributed by atoms with Crippen LogP contribution < -0.4 is 0 Å². The highest BCUT2D eigenvalue weighted by Gasteiger charge is 2.26. The van der Waals surface area contributed by atoms with Gasteiger partial charge in [0.05, 0.1) is 6.10 Å². The molecule has 1 N–H and O–H groups in total. The molecule has 0 aromatic carbocycles. The number of hydrogen-bond acceptors (Lipinski definition) is 2. The van der Waals surface area contributed by atoms with Crippen LogP contribution in [0.5, 0.6) is 0 Å². The van der Waals surface area contributed by atoms with Crippen LogP contribution in [0.1, 0.15) is 45.4 Å². The van der Waals surface area contributed by atoms with E-state index in [0.29, 0.717) is 0 Å². The molecule has 2 unspecified atom stereocenters. The van der Waals surface area contributed by atoms with Crippen molar-refractivity contribution in [1.82, 2.24) is 4.90 Å². The smallest absolute Gasteiger partial charge is 0.0679 e. The number of likely N-dealkylation sites (tertiary alicyclic amines) is 1. The summed E-state index contributed by atoms with van der Waals surface area (Å²) in [6, 6.07) is 0. The minimum absolute atomic E-state index is 0.0458. The molecule has 0 radical (unpaired) electrons. The Labute approximate surface area is 93.7 Å². The van der Waals surface area contributed by atoms with Crippen LogP contribution in [0.3, 0.4) is 0 Å². The van der Waals surface area contributed by atoms with Gasteiger partial charge in [0.15, 0.2) is 0 Å². The highest BCUT2D eigenvalue weighted by molar-refractivity contribution is 4.80. The molecule has 2 fully saturated rings. The Morgan fingerprint density at radius 3 is 2.67 bits per heavy atom. The molecule has 15 heavy (non-hydrogen) atoms. The van der Waals surface area contributed by atoms with Gasteiger partial charge < -0.3 is 10.0 Å². The summed E-state index contributed by atoms with van der Waals surface area (Å²) in [6.45, 7) is 5.61. The lowest BCUT2D eigenvalue weighted by atomic mass is 9.80. The number of nitrogens with zero attached hydrogens (tertiary/aromatic N) is 1. The maximum atomic E-state index is 9.49. The molecule has 1 aliphatic heterocycles. The molecule has 1 aliphatic carbocycles. The standard InChI is InChI=1S/C13H25NO/c1-2-11-4-3-5-12(8-11)9-14-7-6-13(15)10-14/h11-13,15H,2-10H2,1H3/t11?,12?,13-/m0/s1. The first-order chi connectivity index (χ1) is 7.28. The van der Waals surface area contributed by atoms with E-state index >= 15 is 0 Å². The van der Waals surface area contributed by atoms with Gasteiger partial charge in [0, 0.05) is 19.6 Å². The Bertz CT molecular complexity index is 195. The van der Waals surface area contributed by atoms with Gasteiger partial charge in [0.2, 0.25) is 0 Å². The summed E-state index contributed by atoms with van der Waals surface area (Å²) in [7, 11) is 0. The molecule has 0 aromatic rings. The van der Waals surface area contributed by atoms with E-state index in [1.807, 2.05) is 0 Å². The molecular weight excluding hydrogens is 186 g/mol. The zero-order valence-corrected chi connectivity index (χ0v) is 9.99. The summed E-state index contributed by atoms with van der Waals surface area (Å²) in [4.78, 5) is 2.47. The number of hydrogen-bond donors (Lipinski definition) is 1. The van der Waals surface area contributed by atoms with E-state index in [9.17, 15) is 5.11 Å². The van der Waals surface area contributed by atoms with Crippen LogP contribution in [0.4, 0.5) is 0 Å². The molecule has 1 saturated heterocycles. The average Bonchev–Trinajstić information content (AvgIpc) is 2.64. The van der Waals surface area contributed by atoms with Gasteiger partial charge in [-0.05, 0) is 31.1 Å². The molecule has 0 aromatic heterocycles. The fourth-order valence-electron chi connectivity index (χ4n) is 3.28. The quantitative estimate of drug-likeness (QED) is 0.774. The molecule has 0 bridgehead atoms. The van der Waals surface area contributed by atoms with Crippen molar-refractivity contribution in [3.05, 3.63) is 0 Å². The summed E-state index contributed by atoms with van der Waals surface area (Å²) in [5, 5.41) is 9.49. The third-order valence-corrected chi connectivity index (χ3v) is 4.23. The van der Waals surface area contributed by atoms with Crippen molar-refractivity contribution in [2.24, 2.45) is 11.8 Å². The Morgan fingerprint density at radius 1 is 1.20 bits per heavy atom. The maximum absolute atomic E-state index is 9.49. The van der Waals surface area contributed by atoms with Crippen molar-refractivity contribution in [3.8, 4) is 0 Å². The number of aliphatic hydroxyl groups is 1. The first kappa shape index (κ1) is 11.4. The summed E-state index contributed by atoms with van der Waals surface area (Å²) < 4.78 is 0. The molecule has 0 spiro atoms. The van der Waals surface area contributed by atoms with E-state index in [-0.39, 0.29) is 6.10 Å². The zero-order valence-electron chi connectivity index (χ0n) is 9.99. The molecule has 2 rings (SSSR count). The molecule has 88 valence electrons. The van der Waals surface area contributed by atoms with Crippen LogP contribution >= 0.6 is 0 Å². The number of aliphatic hydroxyl groups excluding tert-OH is 1. The van der Waals surface area contributed by atoms with Crippen molar-refractivity contribution in [2.45, 2.75) is 51.6 Å². The second-order valence-corrected chi connectivity index (χ2v) is 5.51. The lowest BCUT2D eigenvalue weighted by Crippen LogP contribution is -2.31. The van der Waals surface area contributed by atoms with Crippen LogP contribution in [0.2, 0.25) is 0 Å². The van der Waals surface area contributed by atoms with Crippen LogP contribution in [0, 0.1) is 11.8 Å². The first-order valence-electron chi connectivity index (χ1n) is 6.68. The predicted molar refractivity (Wildman–Crippen MR) is 62.8 cm³/mol. The second-order valence-electron chi connectivity index (χ2n) is 5.51. The van der Waals surface area contributed by atoms with Gasteiger partial charge in [-0.25, -0.2) is 0 Å². The van der Waals surface area contributed by atoms with Crippen LogP contribution in [-0.4, -0.2) is 35.7 Å². The van der Waals surface area contributed by atoms with Gasteiger partial charge in [0.1, 0.15) is 0 Å². The van der Waals surface area contributed by atoms with Gasteiger partial charge in [-0.1, -0.05) is 26.2 Å². The summed E-state index contributed by atoms with van der Waals surface area (Å²) in [6.07, 6.45) is 8.04. The Morgan fingerprint density at radius 2 is 2.00 bits per heavy atom. The normalized spacial score (nSPS) is 38.4. The highest BCUT2D eigenvalue weighted by atomic mass is 16.3. The predicted octanol–water partition coefficient (Wildman–Crippen LogP) is 2.27. The van der Waals surface area contributed by atoms with E-state index in [4.69, 9.17) is 0 Å². The van der Waals surface area contributed by atoms with Gasteiger partial charge >= 0.3 is 0 Å². The molecule has 2 heteroatoms. The molecular formula is C13H25NO. The maximum Gasteiger partial charge on any atom is 0.0679 e. The third kappa shape index (κ3) is 3.18. The summed E-state index contributed by atoms with van der Waals surface area (Å²) in [5.41, 5.74) is 0. The Hall–Kier alpha value is -0.0800. The van der Waals surface area contributed by atoms with Crippen molar-refractivity contribution in [1.29, 1.82) is 0 Å². The first-order valence-corrected chi connectivity index (χ1v) is 6.68. The molecule has 0 amide bonds.